The van der Waals surface area contributed by atoms with E-state index in [0.29, 0.717) is 22.3 Å². The van der Waals surface area contributed by atoms with E-state index in [4.69, 9.17) is 10.8 Å². The molecule has 0 spiro atoms. The van der Waals surface area contributed by atoms with Gasteiger partial charge in [0, 0.05) is 17.1 Å². The molecule has 0 aliphatic heterocycles. The van der Waals surface area contributed by atoms with Gasteiger partial charge in [-0.2, -0.15) is 0 Å². The number of nitrogens with zero attached hydrogens (tertiary/aromatic N) is 1. The molecule has 0 heterocycles. The molecule has 1 aromatic carbocycles. The SMILES string of the molecule is CCN(c1cccc(Br)c1C(N)=O)C(C)CC(=O)O. The van der Waals surface area contributed by atoms with Gasteiger partial charge in [-0.15, -0.1) is 0 Å². The van der Waals surface area contributed by atoms with Crippen LogP contribution in [0.25, 0.3) is 0 Å². The predicted octanol–water partition coefficient (Wildman–Crippen LogP) is 2.24. The molecule has 0 aliphatic rings. The van der Waals surface area contributed by atoms with Gasteiger partial charge in [-0.1, -0.05) is 6.07 Å². The number of carboxylic acid groups (broad SMARTS) is 1. The van der Waals surface area contributed by atoms with E-state index in [1.807, 2.05) is 18.7 Å². The summed E-state index contributed by atoms with van der Waals surface area (Å²) in [6.07, 6.45) is -0.00143. The number of carboxylic acids is 1. The van der Waals surface area contributed by atoms with Crippen molar-refractivity contribution in [3.05, 3.63) is 28.2 Å². The summed E-state index contributed by atoms with van der Waals surface area (Å²) in [7, 11) is 0. The van der Waals surface area contributed by atoms with Crippen molar-refractivity contribution in [2.24, 2.45) is 5.73 Å². The van der Waals surface area contributed by atoms with Gasteiger partial charge in [-0.05, 0) is 41.9 Å². The molecule has 0 radical (unpaired) electrons. The number of aliphatic carboxylic acids is 1. The molecule has 0 aromatic heterocycles. The Labute approximate surface area is 120 Å². The monoisotopic (exact) mass is 328 g/mol. The molecule has 0 saturated carbocycles. The first-order valence-electron chi connectivity index (χ1n) is 5.95. The minimum Gasteiger partial charge on any atom is -0.481 e. The number of hydrogen-bond acceptors (Lipinski definition) is 3. The Morgan fingerprint density at radius 1 is 1.47 bits per heavy atom. The topological polar surface area (TPSA) is 83.6 Å². The van der Waals surface area contributed by atoms with Crippen molar-refractivity contribution < 1.29 is 14.7 Å². The molecule has 5 nitrogen and oxygen atoms in total. The molecule has 0 aliphatic carbocycles. The number of hydrogen-bond donors (Lipinski definition) is 2. The number of benzene rings is 1. The third kappa shape index (κ3) is 3.70. The lowest BCUT2D eigenvalue weighted by molar-refractivity contribution is -0.137. The normalized spacial score (nSPS) is 11.9. The van der Waals surface area contributed by atoms with Gasteiger partial charge in [0.25, 0.3) is 5.91 Å². The Hall–Kier alpha value is -1.56. The average Bonchev–Trinajstić information content (AvgIpc) is 2.28. The number of halogens is 1. The average molecular weight is 329 g/mol. The molecule has 6 heteroatoms. The molecule has 0 bridgehead atoms. The maximum absolute atomic E-state index is 11.6. The van der Waals surface area contributed by atoms with E-state index in [-0.39, 0.29) is 12.5 Å². The molecule has 104 valence electrons. The van der Waals surface area contributed by atoms with Crippen molar-refractivity contribution in [2.75, 3.05) is 11.4 Å². The van der Waals surface area contributed by atoms with Crippen LogP contribution >= 0.6 is 15.9 Å². The van der Waals surface area contributed by atoms with E-state index in [1.165, 1.54) is 0 Å². The van der Waals surface area contributed by atoms with Crippen molar-refractivity contribution in [1.29, 1.82) is 0 Å². The maximum Gasteiger partial charge on any atom is 0.305 e. The van der Waals surface area contributed by atoms with E-state index in [2.05, 4.69) is 15.9 Å². The van der Waals surface area contributed by atoms with Crippen molar-refractivity contribution in [2.45, 2.75) is 26.3 Å². The van der Waals surface area contributed by atoms with Crippen LogP contribution in [0.3, 0.4) is 0 Å². The molecular formula is C13H17BrN2O3. The van der Waals surface area contributed by atoms with Crippen LogP contribution in [0.4, 0.5) is 5.69 Å². The second-order valence-electron chi connectivity index (χ2n) is 4.23. The van der Waals surface area contributed by atoms with Gasteiger partial charge < -0.3 is 15.7 Å². The van der Waals surface area contributed by atoms with Crippen LogP contribution in [0.2, 0.25) is 0 Å². The Morgan fingerprint density at radius 2 is 2.11 bits per heavy atom. The van der Waals surface area contributed by atoms with Crippen molar-refractivity contribution in [1.82, 2.24) is 0 Å². The highest BCUT2D eigenvalue weighted by atomic mass is 79.9. The van der Waals surface area contributed by atoms with Crippen LogP contribution in [0.5, 0.6) is 0 Å². The summed E-state index contributed by atoms with van der Waals surface area (Å²) in [5.41, 5.74) is 6.42. The lowest BCUT2D eigenvalue weighted by Crippen LogP contribution is -2.36. The third-order valence-electron chi connectivity index (χ3n) is 2.89. The summed E-state index contributed by atoms with van der Waals surface area (Å²) >= 11 is 3.30. The fourth-order valence-corrected chi connectivity index (χ4v) is 2.63. The number of nitrogens with two attached hydrogens (primary N) is 1. The molecule has 1 atom stereocenters. The Morgan fingerprint density at radius 3 is 2.58 bits per heavy atom. The zero-order valence-electron chi connectivity index (χ0n) is 10.9. The molecular weight excluding hydrogens is 312 g/mol. The van der Waals surface area contributed by atoms with Crippen molar-refractivity contribution in [3.8, 4) is 0 Å². The van der Waals surface area contributed by atoms with Crippen LogP contribution in [-0.2, 0) is 4.79 Å². The summed E-state index contributed by atoms with van der Waals surface area (Å²) < 4.78 is 0.610. The van der Waals surface area contributed by atoms with E-state index in [9.17, 15) is 9.59 Å². The highest BCUT2D eigenvalue weighted by Crippen LogP contribution is 2.29. The molecule has 1 aromatic rings. The number of rotatable bonds is 6. The van der Waals surface area contributed by atoms with Crippen LogP contribution < -0.4 is 10.6 Å². The summed E-state index contributed by atoms with van der Waals surface area (Å²) in [6.45, 7) is 4.30. The molecule has 0 saturated heterocycles. The minimum atomic E-state index is -0.874. The lowest BCUT2D eigenvalue weighted by atomic mass is 10.1. The Kier molecular flexibility index (Phi) is 5.35. The van der Waals surface area contributed by atoms with Gasteiger partial charge >= 0.3 is 5.97 Å². The number of anilines is 1. The Bertz CT molecular complexity index is 491. The van der Waals surface area contributed by atoms with Gasteiger partial charge in [-0.3, -0.25) is 9.59 Å². The Balaban J connectivity index is 3.21. The van der Waals surface area contributed by atoms with E-state index < -0.39 is 11.9 Å². The lowest BCUT2D eigenvalue weighted by Gasteiger charge is -2.31. The summed E-state index contributed by atoms with van der Waals surface area (Å²) in [4.78, 5) is 24.2. The second kappa shape index (κ2) is 6.56. The zero-order chi connectivity index (χ0) is 14.6. The fourth-order valence-electron chi connectivity index (χ4n) is 2.08. The second-order valence-corrected chi connectivity index (χ2v) is 5.09. The summed E-state index contributed by atoms with van der Waals surface area (Å²) in [5, 5.41) is 8.88. The van der Waals surface area contributed by atoms with Gasteiger partial charge in [0.15, 0.2) is 0 Å². The van der Waals surface area contributed by atoms with Crippen molar-refractivity contribution >= 4 is 33.5 Å². The highest BCUT2D eigenvalue weighted by Gasteiger charge is 2.21. The molecule has 0 fully saturated rings. The first kappa shape index (κ1) is 15.5. The van der Waals surface area contributed by atoms with Crippen molar-refractivity contribution in [3.63, 3.8) is 0 Å². The first-order chi connectivity index (χ1) is 8.88. The third-order valence-corrected chi connectivity index (χ3v) is 3.55. The predicted molar refractivity (Wildman–Crippen MR) is 77.4 cm³/mol. The minimum absolute atomic E-state index is 0.00143. The molecule has 1 rings (SSSR count). The van der Waals surface area contributed by atoms with E-state index in [1.54, 1.807) is 18.2 Å². The van der Waals surface area contributed by atoms with Gasteiger partial charge in [0.1, 0.15) is 0 Å². The molecule has 1 unspecified atom stereocenters. The standard InChI is InChI=1S/C13H17BrN2O3/c1-3-16(8(2)7-11(17)18)10-6-4-5-9(14)12(10)13(15)19/h4-6,8H,3,7H2,1-2H3,(H2,15,19)(H,17,18). The number of primary amides is 1. The smallest absolute Gasteiger partial charge is 0.305 e. The molecule has 3 N–H and O–H groups in total. The van der Waals surface area contributed by atoms with E-state index >= 15 is 0 Å². The summed E-state index contributed by atoms with van der Waals surface area (Å²) in [5.74, 6) is -1.41. The molecule has 1 amide bonds. The zero-order valence-corrected chi connectivity index (χ0v) is 12.5. The van der Waals surface area contributed by atoms with Gasteiger partial charge in [0.05, 0.1) is 17.7 Å². The van der Waals surface area contributed by atoms with Crippen LogP contribution in [0, 0.1) is 0 Å². The quantitative estimate of drug-likeness (QED) is 0.838. The number of carbonyl (C=O) groups is 2. The highest BCUT2D eigenvalue weighted by molar-refractivity contribution is 9.10. The number of carbonyl (C=O) groups excluding carboxylic acids is 1. The number of amides is 1. The molecule has 19 heavy (non-hydrogen) atoms. The summed E-state index contributed by atoms with van der Waals surface area (Å²) in [6, 6.07) is 5.07. The van der Waals surface area contributed by atoms with Crippen LogP contribution in [0.15, 0.2) is 22.7 Å². The fraction of sp³-hybridized carbons (Fsp3) is 0.385. The first-order valence-corrected chi connectivity index (χ1v) is 6.74. The van der Waals surface area contributed by atoms with Gasteiger partial charge in [0.2, 0.25) is 0 Å². The van der Waals surface area contributed by atoms with Crippen LogP contribution in [0.1, 0.15) is 30.6 Å². The maximum atomic E-state index is 11.6. The van der Waals surface area contributed by atoms with Crippen LogP contribution in [-0.4, -0.2) is 29.6 Å². The van der Waals surface area contributed by atoms with Gasteiger partial charge in [-0.25, -0.2) is 0 Å². The van der Waals surface area contributed by atoms with E-state index in [0.717, 1.165) is 0 Å². The largest absolute Gasteiger partial charge is 0.481 e.